The summed E-state index contributed by atoms with van der Waals surface area (Å²) in [4.78, 5) is 2.44. The van der Waals surface area contributed by atoms with E-state index in [9.17, 15) is 0 Å². The molecule has 3 heteroatoms. The molecular formula is C24H33NOSi. The van der Waals surface area contributed by atoms with Crippen molar-refractivity contribution in [3.05, 3.63) is 77.9 Å². The number of rotatable bonds is 5. The summed E-state index contributed by atoms with van der Waals surface area (Å²) in [5.41, 5.74) is 3.76. The van der Waals surface area contributed by atoms with E-state index in [2.05, 4.69) is 113 Å². The average molecular weight is 380 g/mol. The highest BCUT2D eigenvalue weighted by atomic mass is 28.4. The van der Waals surface area contributed by atoms with E-state index in [0.29, 0.717) is 6.61 Å². The van der Waals surface area contributed by atoms with Gasteiger partial charge < -0.3 is 4.43 Å². The number of hydrogen-bond donors (Lipinski definition) is 0. The van der Waals surface area contributed by atoms with E-state index in [1.165, 1.54) is 16.7 Å². The van der Waals surface area contributed by atoms with Crippen molar-refractivity contribution in [3.8, 4) is 0 Å². The number of hydrogen-bond acceptors (Lipinski definition) is 2. The highest BCUT2D eigenvalue weighted by Gasteiger charge is 2.44. The minimum absolute atomic E-state index is 0.202. The molecule has 2 nitrogen and oxygen atoms in total. The van der Waals surface area contributed by atoms with Gasteiger partial charge in [0.25, 0.3) is 0 Å². The molecule has 0 fully saturated rings. The van der Waals surface area contributed by atoms with Gasteiger partial charge in [0.15, 0.2) is 8.32 Å². The van der Waals surface area contributed by atoms with Crippen molar-refractivity contribution in [3.63, 3.8) is 0 Å². The van der Waals surface area contributed by atoms with E-state index in [1.54, 1.807) is 0 Å². The Kier molecular flexibility index (Phi) is 5.49. The molecule has 0 aromatic heterocycles. The van der Waals surface area contributed by atoms with Crippen LogP contribution in [0, 0.1) is 0 Å². The lowest BCUT2D eigenvalue weighted by Gasteiger charge is -2.42. The zero-order valence-corrected chi connectivity index (χ0v) is 18.6. The molecule has 1 aliphatic heterocycles. The second-order valence-corrected chi connectivity index (χ2v) is 14.0. The van der Waals surface area contributed by atoms with Crippen LogP contribution >= 0.6 is 0 Å². The second-order valence-electron chi connectivity index (χ2n) is 9.23. The lowest BCUT2D eigenvalue weighted by molar-refractivity contribution is 0.114. The van der Waals surface area contributed by atoms with E-state index in [1.807, 2.05) is 0 Å². The van der Waals surface area contributed by atoms with Crippen molar-refractivity contribution >= 4 is 13.9 Å². The lowest BCUT2D eigenvalue weighted by Crippen LogP contribution is -2.49. The minimum atomic E-state index is -1.84. The summed E-state index contributed by atoms with van der Waals surface area (Å²) >= 11 is 0. The van der Waals surface area contributed by atoms with Gasteiger partial charge in [0, 0.05) is 6.54 Å². The first-order valence-corrected chi connectivity index (χ1v) is 12.7. The van der Waals surface area contributed by atoms with Crippen LogP contribution in [-0.2, 0) is 9.96 Å². The van der Waals surface area contributed by atoms with Crippen LogP contribution in [-0.4, -0.2) is 33.4 Å². The molecule has 0 spiro atoms. The number of benzene rings is 2. The standard InChI is InChI=1S/C24H33NOSi/c1-23(2,3)27(5,6)26-19-24(22-15-11-8-12-16-22)17-21(18-25(24)4)20-13-9-7-10-14-20/h7-17H,18-19H2,1-6H3. The molecule has 1 unspecified atom stereocenters. The zero-order chi connectivity index (χ0) is 19.7. The van der Waals surface area contributed by atoms with Gasteiger partial charge in [-0.1, -0.05) is 87.5 Å². The topological polar surface area (TPSA) is 12.5 Å². The van der Waals surface area contributed by atoms with Gasteiger partial charge in [0.05, 0.1) is 12.1 Å². The van der Waals surface area contributed by atoms with Gasteiger partial charge in [0.1, 0.15) is 0 Å². The number of nitrogens with zero attached hydrogens (tertiary/aromatic N) is 1. The van der Waals surface area contributed by atoms with Crippen LogP contribution < -0.4 is 0 Å². The van der Waals surface area contributed by atoms with Crippen LogP contribution in [0.1, 0.15) is 31.9 Å². The average Bonchev–Trinajstić information content (AvgIpc) is 2.98. The van der Waals surface area contributed by atoms with E-state index in [0.717, 1.165) is 6.54 Å². The zero-order valence-electron chi connectivity index (χ0n) is 17.6. The van der Waals surface area contributed by atoms with Crippen LogP contribution in [0.2, 0.25) is 18.1 Å². The molecule has 27 heavy (non-hydrogen) atoms. The monoisotopic (exact) mass is 379 g/mol. The van der Waals surface area contributed by atoms with Crippen LogP contribution in [0.15, 0.2) is 66.7 Å². The van der Waals surface area contributed by atoms with Crippen molar-refractivity contribution in [2.24, 2.45) is 0 Å². The summed E-state index contributed by atoms with van der Waals surface area (Å²) in [5, 5.41) is 0.202. The molecule has 2 aromatic rings. The van der Waals surface area contributed by atoms with Gasteiger partial charge in [-0.3, -0.25) is 4.90 Å². The van der Waals surface area contributed by atoms with Crippen molar-refractivity contribution in [1.82, 2.24) is 4.90 Å². The number of likely N-dealkylation sites (N-methyl/N-ethyl adjacent to an activating group) is 1. The van der Waals surface area contributed by atoms with Crippen molar-refractivity contribution in [2.75, 3.05) is 20.2 Å². The SMILES string of the molecule is CN1CC(c2ccccc2)=CC1(CO[Si](C)(C)C(C)(C)C)c1ccccc1. The summed E-state index contributed by atoms with van der Waals surface area (Å²) < 4.78 is 6.74. The molecule has 2 aromatic carbocycles. The van der Waals surface area contributed by atoms with E-state index in [4.69, 9.17) is 4.43 Å². The summed E-state index contributed by atoms with van der Waals surface area (Å²) in [5.74, 6) is 0. The molecule has 3 rings (SSSR count). The molecule has 0 aliphatic carbocycles. The van der Waals surface area contributed by atoms with Gasteiger partial charge in [-0.25, -0.2) is 0 Å². The third-order valence-electron chi connectivity index (χ3n) is 6.38. The minimum Gasteiger partial charge on any atom is -0.414 e. The molecule has 0 bridgehead atoms. The Morgan fingerprint density at radius 3 is 2.07 bits per heavy atom. The van der Waals surface area contributed by atoms with Crippen LogP contribution in [0.3, 0.4) is 0 Å². The van der Waals surface area contributed by atoms with Crippen molar-refractivity contribution in [2.45, 2.75) is 44.4 Å². The molecule has 0 N–H and O–H groups in total. The van der Waals surface area contributed by atoms with Gasteiger partial charge in [0.2, 0.25) is 0 Å². The maximum absolute atomic E-state index is 6.74. The van der Waals surface area contributed by atoms with Crippen LogP contribution in [0.4, 0.5) is 0 Å². The third kappa shape index (κ3) is 3.96. The van der Waals surface area contributed by atoms with Gasteiger partial charge in [-0.2, -0.15) is 0 Å². The molecule has 144 valence electrons. The predicted octanol–water partition coefficient (Wildman–Crippen LogP) is 5.93. The van der Waals surface area contributed by atoms with Crippen LogP contribution in [0.25, 0.3) is 5.57 Å². The normalized spacial score (nSPS) is 21.3. The Labute approximate surface area is 166 Å². The maximum Gasteiger partial charge on any atom is 0.192 e. The first kappa shape index (κ1) is 20.1. The molecule has 1 atom stereocenters. The summed E-state index contributed by atoms with van der Waals surface area (Å²) in [6.07, 6.45) is 2.44. The predicted molar refractivity (Wildman–Crippen MR) is 118 cm³/mol. The molecule has 0 radical (unpaired) electrons. The third-order valence-corrected chi connectivity index (χ3v) is 10.9. The quantitative estimate of drug-likeness (QED) is 0.597. The van der Waals surface area contributed by atoms with Crippen molar-refractivity contribution < 1.29 is 4.43 Å². The molecule has 0 saturated carbocycles. The van der Waals surface area contributed by atoms with E-state index in [-0.39, 0.29) is 10.6 Å². The Balaban J connectivity index is 2.01. The Morgan fingerprint density at radius 2 is 1.52 bits per heavy atom. The van der Waals surface area contributed by atoms with Gasteiger partial charge in [-0.15, -0.1) is 0 Å². The molecule has 1 aliphatic rings. The first-order chi connectivity index (χ1) is 12.7. The van der Waals surface area contributed by atoms with E-state index >= 15 is 0 Å². The van der Waals surface area contributed by atoms with Gasteiger partial charge in [-0.05, 0) is 41.9 Å². The summed E-state index contributed by atoms with van der Waals surface area (Å²) in [6, 6.07) is 21.5. The largest absolute Gasteiger partial charge is 0.414 e. The maximum atomic E-state index is 6.74. The Morgan fingerprint density at radius 1 is 0.963 bits per heavy atom. The van der Waals surface area contributed by atoms with Crippen molar-refractivity contribution in [1.29, 1.82) is 0 Å². The van der Waals surface area contributed by atoms with Gasteiger partial charge >= 0.3 is 0 Å². The fourth-order valence-electron chi connectivity index (χ4n) is 3.44. The highest BCUT2D eigenvalue weighted by Crippen LogP contribution is 2.42. The van der Waals surface area contributed by atoms with Crippen LogP contribution in [0.5, 0.6) is 0 Å². The first-order valence-electron chi connectivity index (χ1n) is 9.84. The molecule has 0 amide bonds. The molecule has 0 saturated heterocycles. The summed E-state index contributed by atoms with van der Waals surface area (Å²) in [7, 11) is 0.378. The van der Waals surface area contributed by atoms with E-state index < -0.39 is 8.32 Å². The fourth-order valence-corrected chi connectivity index (χ4v) is 4.45. The lowest BCUT2D eigenvalue weighted by atomic mass is 9.89. The summed E-state index contributed by atoms with van der Waals surface area (Å²) in [6.45, 7) is 13.2. The molecular weight excluding hydrogens is 346 g/mol. The smallest absolute Gasteiger partial charge is 0.192 e. The highest BCUT2D eigenvalue weighted by molar-refractivity contribution is 6.74. The fraction of sp³-hybridized carbons (Fsp3) is 0.417. The second kappa shape index (κ2) is 7.38. The Hall–Kier alpha value is -1.68. The molecule has 1 heterocycles. The Bertz CT molecular complexity index is 792.